The van der Waals surface area contributed by atoms with Gasteiger partial charge < -0.3 is 9.80 Å². The molecule has 0 bridgehead atoms. The van der Waals surface area contributed by atoms with E-state index in [0.29, 0.717) is 66.1 Å². The molecule has 184 valence electrons. The third kappa shape index (κ3) is 5.29. The zero-order valence-corrected chi connectivity index (χ0v) is 21.0. The minimum atomic E-state index is 0.188. The minimum absolute atomic E-state index is 0.188. The number of hydrogen-bond donors (Lipinski definition) is 1. The molecule has 5 rings (SSSR count). The van der Waals surface area contributed by atoms with Gasteiger partial charge in [0.1, 0.15) is 0 Å². The molecular formula is C25H29Cl2N7O. The maximum Gasteiger partial charge on any atom is 0.229 e. The van der Waals surface area contributed by atoms with E-state index in [2.05, 4.69) is 9.88 Å². The molecule has 2 N–H and O–H groups in total. The van der Waals surface area contributed by atoms with E-state index in [1.807, 2.05) is 23.1 Å². The van der Waals surface area contributed by atoms with Crippen LogP contribution >= 0.6 is 23.2 Å². The Labute approximate surface area is 215 Å². The van der Waals surface area contributed by atoms with Crippen molar-refractivity contribution in [1.29, 1.82) is 0 Å². The molecule has 2 fully saturated rings. The second-order valence-corrected chi connectivity index (χ2v) is 10.1. The Kier molecular flexibility index (Phi) is 7.22. The molecular weight excluding hydrogens is 485 g/mol. The number of hydrazine groups is 1. The van der Waals surface area contributed by atoms with Gasteiger partial charge in [-0.3, -0.25) is 9.80 Å². The van der Waals surface area contributed by atoms with Crippen molar-refractivity contribution in [3.05, 3.63) is 52.1 Å². The predicted octanol–water partition coefficient (Wildman–Crippen LogP) is 4.44. The first-order valence-electron chi connectivity index (χ1n) is 12.1. The number of piperazine rings is 1. The minimum Gasteiger partial charge on any atom is -0.339 e. The summed E-state index contributed by atoms with van der Waals surface area (Å²) >= 11 is 12.4. The van der Waals surface area contributed by atoms with Crippen LogP contribution in [0, 0.1) is 5.92 Å². The number of anilines is 2. The fraction of sp³-hybridized carbons (Fsp3) is 0.440. The summed E-state index contributed by atoms with van der Waals surface area (Å²) < 4.78 is 0. The number of fused-ring (bicyclic) bond motifs is 1. The van der Waals surface area contributed by atoms with Crippen molar-refractivity contribution >= 4 is 51.9 Å². The van der Waals surface area contributed by atoms with E-state index in [1.165, 1.54) is 6.42 Å². The number of pyridine rings is 1. The van der Waals surface area contributed by atoms with Crippen LogP contribution in [-0.4, -0.2) is 51.9 Å². The number of nitrogens with zero attached hydrogens (tertiary/aromatic N) is 6. The van der Waals surface area contributed by atoms with Gasteiger partial charge in [-0.1, -0.05) is 48.5 Å². The third-order valence-corrected chi connectivity index (χ3v) is 7.48. The summed E-state index contributed by atoms with van der Waals surface area (Å²) in [6.07, 6.45) is 7.32. The highest BCUT2D eigenvalue weighted by molar-refractivity contribution is 6.35. The average molecular weight is 514 g/mol. The summed E-state index contributed by atoms with van der Waals surface area (Å²) in [5.74, 6) is 8.13. The van der Waals surface area contributed by atoms with E-state index in [0.717, 1.165) is 36.6 Å². The topological polar surface area (TPSA) is 91.5 Å². The monoisotopic (exact) mass is 513 g/mol. The molecule has 0 atom stereocenters. The van der Waals surface area contributed by atoms with Gasteiger partial charge in [0.15, 0.2) is 11.5 Å². The number of carbonyl (C=O) groups excluding carboxylic acids is 1. The molecule has 0 unspecified atom stereocenters. The fourth-order valence-electron chi connectivity index (χ4n) is 4.94. The molecule has 3 heterocycles. The first-order chi connectivity index (χ1) is 17.0. The van der Waals surface area contributed by atoms with Crippen LogP contribution in [0.1, 0.15) is 37.7 Å². The highest BCUT2D eigenvalue weighted by Gasteiger charge is 2.29. The van der Waals surface area contributed by atoms with Gasteiger partial charge in [0, 0.05) is 48.3 Å². The molecule has 1 aromatic carbocycles. The molecule has 3 aromatic rings. The predicted molar refractivity (Wildman–Crippen MR) is 140 cm³/mol. The summed E-state index contributed by atoms with van der Waals surface area (Å²) in [5, 5.41) is 3.44. The van der Waals surface area contributed by atoms with E-state index < -0.39 is 0 Å². The molecule has 1 aliphatic carbocycles. The molecule has 35 heavy (non-hydrogen) atoms. The number of amides is 1. The molecule has 0 spiro atoms. The van der Waals surface area contributed by atoms with E-state index in [-0.39, 0.29) is 5.92 Å². The quantitative estimate of drug-likeness (QED) is 0.398. The molecule has 0 radical (unpaired) electrons. The van der Waals surface area contributed by atoms with Crippen LogP contribution in [0.25, 0.3) is 11.0 Å². The van der Waals surface area contributed by atoms with Crippen molar-refractivity contribution in [2.24, 2.45) is 11.8 Å². The van der Waals surface area contributed by atoms with Gasteiger partial charge in [-0.05, 0) is 42.7 Å². The highest BCUT2D eigenvalue weighted by atomic mass is 35.5. The van der Waals surface area contributed by atoms with Crippen LogP contribution in [0.15, 0.2) is 36.5 Å². The first-order valence-corrected chi connectivity index (χ1v) is 12.9. The van der Waals surface area contributed by atoms with Crippen LogP contribution in [-0.2, 0) is 11.3 Å². The maximum atomic E-state index is 13.0. The van der Waals surface area contributed by atoms with Crippen molar-refractivity contribution in [3.63, 3.8) is 0 Å². The van der Waals surface area contributed by atoms with Crippen LogP contribution in [0.2, 0.25) is 10.0 Å². The van der Waals surface area contributed by atoms with Gasteiger partial charge in [0.25, 0.3) is 0 Å². The Balaban J connectivity index is 1.35. The summed E-state index contributed by atoms with van der Waals surface area (Å²) in [6.45, 7) is 3.02. The number of rotatable bonds is 5. The van der Waals surface area contributed by atoms with Gasteiger partial charge in [0.2, 0.25) is 11.9 Å². The lowest BCUT2D eigenvalue weighted by molar-refractivity contribution is -0.136. The smallest absolute Gasteiger partial charge is 0.229 e. The number of benzene rings is 1. The van der Waals surface area contributed by atoms with Crippen LogP contribution in [0.3, 0.4) is 0 Å². The summed E-state index contributed by atoms with van der Waals surface area (Å²) in [5.41, 5.74) is 1.41. The number of halogens is 2. The normalized spacial score (nSPS) is 17.1. The van der Waals surface area contributed by atoms with Gasteiger partial charge in [-0.15, -0.1) is 0 Å². The van der Waals surface area contributed by atoms with E-state index in [4.69, 9.17) is 39.0 Å². The zero-order valence-electron chi connectivity index (χ0n) is 19.5. The molecule has 1 aliphatic heterocycles. The van der Waals surface area contributed by atoms with Crippen molar-refractivity contribution in [1.82, 2.24) is 19.9 Å². The van der Waals surface area contributed by atoms with E-state index in [1.54, 1.807) is 23.3 Å². The lowest BCUT2D eigenvalue weighted by Gasteiger charge is -2.37. The average Bonchev–Trinajstić information content (AvgIpc) is 2.89. The van der Waals surface area contributed by atoms with Crippen molar-refractivity contribution < 1.29 is 4.79 Å². The first kappa shape index (κ1) is 24.0. The standard InChI is InChI=1S/C25H29Cl2N7O/c26-19-9-8-18(21(27)15-19)16-34(28)23-20-7-4-10-29-22(20)30-25(31-23)33-13-11-32(12-14-33)24(35)17-5-2-1-3-6-17/h4,7-10,15,17H,1-3,5-6,11-14,16,28H2. The number of aromatic nitrogens is 3. The maximum absolute atomic E-state index is 13.0. The van der Waals surface area contributed by atoms with Crippen molar-refractivity contribution in [3.8, 4) is 0 Å². The number of hydrogen-bond acceptors (Lipinski definition) is 7. The SMILES string of the molecule is NN(Cc1ccc(Cl)cc1Cl)c1nc(N2CCN(C(=O)C3CCCCC3)CC2)nc2ncccc12. The van der Waals surface area contributed by atoms with Gasteiger partial charge in [-0.25, -0.2) is 10.8 Å². The van der Waals surface area contributed by atoms with Gasteiger partial charge >= 0.3 is 0 Å². The lowest BCUT2D eigenvalue weighted by atomic mass is 9.88. The van der Waals surface area contributed by atoms with Crippen molar-refractivity contribution in [2.45, 2.75) is 38.6 Å². The van der Waals surface area contributed by atoms with Crippen LogP contribution in [0.4, 0.5) is 11.8 Å². The number of carbonyl (C=O) groups is 1. The molecule has 1 saturated carbocycles. The Bertz CT molecular complexity index is 1210. The second kappa shape index (κ2) is 10.5. The lowest BCUT2D eigenvalue weighted by Crippen LogP contribution is -2.51. The van der Waals surface area contributed by atoms with Crippen molar-refractivity contribution in [2.75, 3.05) is 36.1 Å². The summed E-state index contributed by atoms with van der Waals surface area (Å²) in [6, 6.07) is 9.09. The van der Waals surface area contributed by atoms with E-state index in [9.17, 15) is 4.79 Å². The van der Waals surface area contributed by atoms with Gasteiger partial charge in [0.05, 0.1) is 11.9 Å². The second-order valence-electron chi connectivity index (χ2n) is 9.23. The number of nitrogens with two attached hydrogens (primary N) is 1. The Morgan fingerprint density at radius 3 is 2.57 bits per heavy atom. The fourth-order valence-corrected chi connectivity index (χ4v) is 5.41. The Morgan fingerprint density at radius 1 is 1.06 bits per heavy atom. The molecule has 1 saturated heterocycles. The van der Waals surface area contributed by atoms with E-state index >= 15 is 0 Å². The third-order valence-electron chi connectivity index (χ3n) is 6.90. The largest absolute Gasteiger partial charge is 0.339 e. The molecule has 2 aromatic heterocycles. The Hall–Kier alpha value is -2.68. The zero-order chi connectivity index (χ0) is 24.4. The molecule has 2 aliphatic rings. The van der Waals surface area contributed by atoms with Crippen LogP contribution < -0.4 is 15.8 Å². The molecule has 1 amide bonds. The molecule has 8 nitrogen and oxygen atoms in total. The highest BCUT2D eigenvalue weighted by Crippen LogP contribution is 2.29. The van der Waals surface area contributed by atoms with Gasteiger partial charge in [-0.2, -0.15) is 9.97 Å². The van der Waals surface area contributed by atoms with Crippen LogP contribution in [0.5, 0.6) is 0 Å². The summed E-state index contributed by atoms with van der Waals surface area (Å²) in [4.78, 5) is 31.1. The molecule has 10 heteroatoms. The Morgan fingerprint density at radius 2 is 1.83 bits per heavy atom. The summed E-state index contributed by atoms with van der Waals surface area (Å²) in [7, 11) is 0.